The van der Waals surface area contributed by atoms with E-state index in [-0.39, 0.29) is 11.9 Å². The fourth-order valence-electron chi connectivity index (χ4n) is 2.88. The molecule has 1 aliphatic carbocycles. The minimum atomic E-state index is -0.123. The Labute approximate surface area is 140 Å². The van der Waals surface area contributed by atoms with Crippen molar-refractivity contribution in [1.82, 2.24) is 20.3 Å². The van der Waals surface area contributed by atoms with Gasteiger partial charge in [0.25, 0.3) is 5.91 Å². The van der Waals surface area contributed by atoms with Crippen LogP contribution in [0.1, 0.15) is 40.8 Å². The minimum absolute atomic E-state index is 0.0947. The Morgan fingerprint density at radius 2 is 2.04 bits per heavy atom. The van der Waals surface area contributed by atoms with E-state index in [2.05, 4.69) is 20.3 Å². The van der Waals surface area contributed by atoms with Gasteiger partial charge in [-0.3, -0.25) is 9.78 Å². The first-order valence-electron chi connectivity index (χ1n) is 8.16. The normalized spacial score (nSPS) is 15.2. The van der Waals surface area contributed by atoms with Crippen LogP contribution in [0.15, 0.2) is 48.8 Å². The molecule has 1 saturated carbocycles. The molecule has 4 rings (SSSR count). The summed E-state index contributed by atoms with van der Waals surface area (Å²) in [6, 6.07) is 11.1. The zero-order chi connectivity index (χ0) is 16.5. The number of nitrogens with one attached hydrogen (secondary N) is 1. The van der Waals surface area contributed by atoms with Crippen LogP contribution in [0.25, 0.3) is 10.9 Å². The number of aromatic nitrogens is 3. The first-order valence-corrected chi connectivity index (χ1v) is 8.16. The van der Waals surface area contributed by atoms with Gasteiger partial charge in [-0.2, -0.15) is 0 Å². The van der Waals surface area contributed by atoms with E-state index in [9.17, 15) is 4.79 Å². The number of aryl methyl sites for hydroxylation is 1. The Hall–Kier alpha value is -2.82. The number of carbonyl (C=O) groups excluding carboxylic acids is 1. The summed E-state index contributed by atoms with van der Waals surface area (Å²) in [4.78, 5) is 25.8. The van der Waals surface area contributed by atoms with Gasteiger partial charge >= 0.3 is 0 Å². The highest BCUT2D eigenvalue weighted by molar-refractivity contribution is 5.98. The molecule has 0 radical (unpaired) electrons. The molecule has 0 saturated heterocycles. The molecule has 0 aliphatic heterocycles. The lowest BCUT2D eigenvalue weighted by Gasteiger charge is -2.17. The molecule has 1 fully saturated rings. The number of hydrogen-bond acceptors (Lipinski definition) is 4. The molecular formula is C19H18N4O. The lowest BCUT2D eigenvalue weighted by Crippen LogP contribution is -2.31. The second-order valence-electron chi connectivity index (χ2n) is 6.26. The molecule has 1 amide bonds. The van der Waals surface area contributed by atoms with Gasteiger partial charge in [0.15, 0.2) is 5.82 Å². The molecule has 3 aromatic rings. The monoisotopic (exact) mass is 318 g/mol. The van der Waals surface area contributed by atoms with Crippen molar-refractivity contribution in [1.29, 1.82) is 0 Å². The lowest BCUT2D eigenvalue weighted by molar-refractivity contribution is 0.0929. The van der Waals surface area contributed by atoms with Gasteiger partial charge in [-0.25, -0.2) is 9.97 Å². The standard InChI is InChI=1S/C19H18N4O/c1-12-8-10-21-18(22-12)17(13-4-5-13)23-19(24)15-6-7-16-14(11-15)3-2-9-20-16/h2-3,6-11,13,17H,4-5H2,1H3,(H,23,24)/t17-/m0/s1. The van der Waals surface area contributed by atoms with Crippen LogP contribution in [0.4, 0.5) is 0 Å². The maximum absolute atomic E-state index is 12.7. The zero-order valence-electron chi connectivity index (χ0n) is 13.4. The minimum Gasteiger partial charge on any atom is -0.342 e. The van der Waals surface area contributed by atoms with Crippen LogP contribution in [-0.2, 0) is 0 Å². The van der Waals surface area contributed by atoms with Gasteiger partial charge in [0.1, 0.15) is 0 Å². The largest absolute Gasteiger partial charge is 0.342 e. The Balaban J connectivity index is 1.60. The molecule has 5 heteroatoms. The highest BCUT2D eigenvalue weighted by atomic mass is 16.1. The van der Waals surface area contributed by atoms with Gasteiger partial charge in [-0.15, -0.1) is 0 Å². The third-order valence-corrected chi connectivity index (χ3v) is 4.34. The predicted octanol–water partition coefficient (Wildman–Crippen LogP) is 3.21. The molecule has 24 heavy (non-hydrogen) atoms. The number of carbonyl (C=O) groups is 1. The summed E-state index contributed by atoms with van der Waals surface area (Å²) >= 11 is 0. The Morgan fingerprint density at radius 1 is 1.17 bits per heavy atom. The van der Waals surface area contributed by atoms with Gasteiger partial charge in [0.2, 0.25) is 0 Å². The number of fused-ring (bicyclic) bond motifs is 1. The Morgan fingerprint density at radius 3 is 2.83 bits per heavy atom. The molecule has 120 valence electrons. The van der Waals surface area contributed by atoms with Gasteiger partial charge in [0.05, 0.1) is 11.6 Å². The average Bonchev–Trinajstić information content (AvgIpc) is 3.44. The van der Waals surface area contributed by atoms with Crippen molar-refractivity contribution >= 4 is 16.8 Å². The molecule has 2 aromatic heterocycles. The third-order valence-electron chi connectivity index (χ3n) is 4.34. The Kier molecular flexibility index (Phi) is 3.69. The summed E-state index contributed by atoms with van der Waals surface area (Å²) in [7, 11) is 0. The summed E-state index contributed by atoms with van der Waals surface area (Å²) in [5.41, 5.74) is 2.43. The van der Waals surface area contributed by atoms with Gasteiger partial charge < -0.3 is 5.32 Å². The van der Waals surface area contributed by atoms with Crippen molar-refractivity contribution in [2.45, 2.75) is 25.8 Å². The number of nitrogens with zero attached hydrogens (tertiary/aromatic N) is 3. The van der Waals surface area contributed by atoms with Crippen molar-refractivity contribution < 1.29 is 4.79 Å². The molecule has 1 aliphatic rings. The molecule has 1 aromatic carbocycles. The van der Waals surface area contributed by atoms with E-state index in [4.69, 9.17) is 0 Å². The van der Waals surface area contributed by atoms with Crippen LogP contribution in [0.3, 0.4) is 0 Å². The highest BCUT2D eigenvalue weighted by Gasteiger charge is 2.35. The number of rotatable bonds is 4. The van der Waals surface area contributed by atoms with Crippen molar-refractivity contribution in [3.05, 3.63) is 65.9 Å². The van der Waals surface area contributed by atoms with Gasteiger partial charge in [-0.1, -0.05) is 6.07 Å². The van der Waals surface area contributed by atoms with E-state index < -0.39 is 0 Å². The maximum Gasteiger partial charge on any atom is 0.251 e. The second kappa shape index (κ2) is 6.00. The smallest absolute Gasteiger partial charge is 0.251 e. The summed E-state index contributed by atoms with van der Waals surface area (Å²) in [5, 5.41) is 4.08. The number of amides is 1. The SMILES string of the molecule is Cc1ccnc([C@@H](NC(=O)c2ccc3ncccc3c2)C2CC2)n1. The molecule has 0 bridgehead atoms. The first-order chi connectivity index (χ1) is 11.7. The summed E-state index contributed by atoms with van der Waals surface area (Å²) in [6.45, 7) is 1.94. The summed E-state index contributed by atoms with van der Waals surface area (Å²) in [6.07, 6.45) is 5.70. The molecular weight excluding hydrogens is 300 g/mol. The maximum atomic E-state index is 12.7. The molecule has 1 atom stereocenters. The number of pyridine rings is 1. The van der Waals surface area contributed by atoms with Crippen LogP contribution in [0.5, 0.6) is 0 Å². The third kappa shape index (κ3) is 2.97. The van der Waals surface area contributed by atoms with Crippen molar-refractivity contribution in [2.24, 2.45) is 5.92 Å². The van der Waals surface area contributed by atoms with Crippen LogP contribution in [0, 0.1) is 12.8 Å². The van der Waals surface area contributed by atoms with Crippen LogP contribution in [-0.4, -0.2) is 20.9 Å². The number of benzene rings is 1. The second-order valence-corrected chi connectivity index (χ2v) is 6.26. The number of hydrogen-bond donors (Lipinski definition) is 1. The fraction of sp³-hybridized carbons (Fsp3) is 0.263. The van der Waals surface area contributed by atoms with Gasteiger partial charge in [-0.05, 0) is 56.0 Å². The van der Waals surface area contributed by atoms with E-state index in [1.807, 2.05) is 43.3 Å². The van der Waals surface area contributed by atoms with E-state index in [0.717, 1.165) is 29.4 Å². The van der Waals surface area contributed by atoms with Gasteiger partial charge in [0, 0.05) is 29.0 Å². The van der Waals surface area contributed by atoms with E-state index >= 15 is 0 Å². The highest BCUT2D eigenvalue weighted by Crippen LogP contribution is 2.40. The molecule has 1 N–H and O–H groups in total. The van der Waals surface area contributed by atoms with E-state index in [0.29, 0.717) is 17.3 Å². The van der Waals surface area contributed by atoms with E-state index in [1.165, 1.54) is 0 Å². The lowest BCUT2D eigenvalue weighted by atomic mass is 10.1. The van der Waals surface area contributed by atoms with Crippen LogP contribution >= 0.6 is 0 Å². The van der Waals surface area contributed by atoms with Crippen molar-refractivity contribution in [3.63, 3.8) is 0 Å². The average molecular weight is 318 g/mol. The topological polar surface area (TPSA) is 67.8 Å². The first kappa shape index (κ1) is 14.8. The van der Waals surface area contributed by atoms with Crippen LogP contribution < -0.4 is 5.32 Å². The fourth-order valence-corrected chi connectivity index (χ4v) is 2.88. The molecule has 5 nitrogen and oxygen atoms in total. The Bertz CT molecular complexity index is 905. The predicted molar refractivity (Wildman–Crippen MR) is 91.4 cm³/mol. The molecule has 0 spiro atoms. The molecule has 2 heterocycles. The van der Waals surface area contributed by atoms with Crippen LogP contribution in [0.2, 0.25) is 0 Å². The zero-order valence-corrected chi connectivity index (χ0v) is 13.4. The molecule has 0 unspecified atom stereocenters. The quantitative estimate of drug-likeness (QED) is 0.802. The van der Waals surface area contributed by atoms with Crippen molar-refractivity contribution in [2.75, 3.05) is 0 Å². The van der Waals surface area contributed by atoms with Crippen molar-refractivity contribution in [3.8, 4) is 0 Å². The summed E-state index contributed by atoms with van der Waals surface area (Å²) < 4.78 is 0. The van der Waals surface area contributed by atoms with E-state index in [1.54, 1.807) is 12.4 Å². The summed E-state index contributed by atoms with van der Waals surface area (Å²) in [5.74, 6) is 1.04.